The lowest BCUT2D eigenvalue weighted by atomic mass is 10.1. The van der Waals surface area contributed by atoms with Crippen molar-refractivity contribution in [2.45, 2.75) is 12.7 Å². The first-order chi connectivity index (χ1) is 8.47. The quantitative estimate of drug-likeness (QED) is 0.838. The number of rotatable bonds is 2. The molecular formula is C11H10F3N3O. The summed E-state index contributed by atoms with van der Waals surface area (Å²) in [7, 11) is 0. The molecule has 7 heteroatoms. The van der Waals surface area contributed by atoms with Crippen molar-refractivity contribution in [3.8, 4) is 0 Å². The van der Waals surface area contributed by atoms with Crippen LogP contribution in [0.2, 0.25) is 0 Å². The van der Waals surface area contributed by atoms with Gasteiger partial charge in [-0.2, -0.15) is 13.2 Å². The number of benzene rings is 1. The summed E-state index contributed by atoms with van der Waals surface area (Å²) in [6.45, 7) is -0.0436. The predicted molar refractivity (Wildman–Crippen MR) is 58.7 cm³/mol. The molecule has 1 aliphatic rings. The Bertz CT molecular complexity index is 497. The first-order valence-electron chi connectivity index (χ1n) is 5.20. The fraction of sp³-hybridized carbons (Fsp3) is 0.273. The van der Waals surface area contributed by atoms with Gasteiger partial charge >= 0.3 is 6.18 Å². The van der Waals surface area contributed by atoms with E-state index in [4.69, 9.17) is 0 Å². The molecule has 1 aromatic rings. The molecule has 0 unspecified atom stereocenters. The molecule has 0 aliphatic carbocycles. The van der Waals surface area contributed by atoms with Gasteiger partial charge in [0.25, 0.3) is 0 Å². The monoisotopic (exact) mass is 257 g/mol. The highest BCUT2D eigenvalue weighted by atomic mass is 19.4. The molecule has 0 aromatic heterocycles. The van der Waals surface area contributed by atoms with E-state index in [2.05, 4.69) is 15.6 Å². The molecule has 0 bridgehead atoms. The second kappa shape index (κ2) is 4.67. The number of hydrogen-bond acceptors (Lipinski definition) is 3. The van der Waals surface area contributed by atoms with E-state index in [1.54, 1.807) is 0 Å². The molecule has 0 saturated heterocycles. The minimum absolute atomic E-state index is 0.00323. The van der Waals surface area contributed by atoms with Crippen LogP contribution < -0.4 is 10.6 Å². The Morgan fingerprint density at radius 1 is 1.33 bits per heavy atom. The van der Waals surface area contributed by atoms with Crippen molar-refractivity contribution in [1.29, 1.82) is 0 Å². The zero-order valence-electron chi connectivity index (χ0n) is 9.21. The maximum absolute atomic E-state index is 12.7. The fourth-order valence-corrected chi connectivity index (χ4v) is 1.59. The third-order valence-electron chi connectivity index (χ3n) is 2.41. The largest absolute Gasteiger partial charge is 0.416 e. The van der Waals surface area contributed by atoms with Gasteiger partial charge in [0.1, 0.15) is 6.54 Å². The smallest absolute Gasteiger partial charge is 0.352 e. The highest BCUT2D eigenvalue weighted by Crippen LogP contribution is 2.31. The molecule has 1 heterocycles. The average Bonchev–Trinajstić information content (AvgIpc) is 2.72. The number of amides is 1. The molecule has 0 atom stereocenters. The van der Waals surface area contributed by atoms with Crippen LogP contribution in [0.4, 0.5) is 13.2 Å². The summed E-state index contributed by atoms with van der Waals surface area (Å²) < 4.78 is 38.0. The highest BCUT2D eigenvalue weighted by molar-refractivity contribution is 6.02. The molecule has 18 heavy (non-hydrogen) atoms. The van der Waals surface area contributed by atoms with Gasteiger partial charge in [-0.15, -0.1) is 0 Å². The first-order valence-corrected chi connectivity index (χ1v) is 5.20. The third kappa shape index (κ3) is 2.79. The van der Waals surface area contributed by atoms with E-state index in [0.717, 1.165) is 6.07 Å². The minimum Gasteiger partial charge on any atom is -0.352 e. The lowest BCUT2D eigenvalue weighted by Crippen LogP contribution is -2.36. The van der Waals surface area contributed by atoms with Gasteiger partial charge in [-0.3, -0.25) is 10.1 Å². The summed E-state index contributed by atoms with van der Waals surface area (Å²) in [4.78, 5) is 14.6. The summed E-state index contributed by atoms with van der Waals surface area (Å²) in [5.74, 6) is -0.0708. The number of hydrogen-bond donors (Lipinski definition) is 2. The van der Waals surface area contributed by atoms with Crippen LogP contribution in [-0.4, -0.2) is 18.4 Å². The Hall–Kier alpha value is -2.05. The normalized spacial score (nSPS) is 15.3. The third-order valence-corrected chi connectivity index (χ3v) is 2.41. The number of nitrogens with one attached hydrogen (secondary N) is 2. The molecule has 0 fully saturated rings. The molecule has 1 aliphatic heterocycles. The van der Waals surface area contributed by atoms with E-state index in [-0.39, 0.29) is 30.5 Å². The lowest BCUT2D eigenvalue weighted by molar-refractivity contribution is -0.138. The van der Waals surface area contributed by atoms with Gasteiger partial charge in [-0.05, 0) is 11.6 Å². The number of carbonyl (C=O) groups is 1. The Labute approximate surface area is 101 Å². The Balaban J connectivity index is 2.08. The Morgan fingerprint density at radius 3 is 2.67 bits per heavy atom. The molecule has 2 rings (SSSR count). The molecular weight excluding hydrogens is 247 g/mol. The van der Waals surface area contributed by atoms with E-state index in [1.165, 1.54) is 18.2 Å². The Morgan fingerprint density at radius 2 is 2.06 bits per heavy atom. The summed E-state index contributed by atoms with van der Waals surface area (Å²) in [6, 6.07) is 5.27. The summed E-state index contributed by atoms with van der Waals surface area (Å²) in [5, 5.41) is 5.06. The number of halogens is 3. The zero-order valence-corrected chi connectivity index (χ0v) is 9.21. The number of aliphatic imine (C=N–C) groups is 1. The van der Waals surface area contributed by atoms with Crippen molar-refractivity contribution in [2.75, 3.05) is 6.54 Å². The topological polar surface area (TPSA) is 53.5 Å². The van der Waals surface area contributed by atoms with Crippen molar-refractivity contribution >= 4 is 11.9 Å². The molecule has 0 radical (unpaired) electrons. The minimum atomic E-state index is -4.39. The standard InChI is InChI=1S/C11H10F3N3O/c12-11(13,14)8-4-2-1-3-7(8)5-15-10-16-6-9(18)17-10/h1-4H,5-6H2,(H2,15,16,17,18). The SMILES string of the molecule is O=C1CN=C(NCc2ccccc2C(F)(F)F)N1. The van der Waals surface area contributed by atoms with Gasteiger partial charge in [0.2, 0.25) is 5.91 Å². The molecule has 4 nitrogen and oxygen atoms in total. The van der Waals surface area contributed by atoms with Crippen molar-refractivity contribution in [3.05, 3.63) is 35.4 Å². The van der Waals surface area contributed by atoms with E-state index in [9.17, 15) is 18.0 Å². The lowest BCUT2D eigenvalue weighted by Gasteiger charge is -2.13. The van der Waals surface area contributed by atoms with E-state index in [0.29, 0.717) is 0 Å². The van der Waals surface area contributed by atoms with Crippen LogP contribution >= 0.6 is 0 Å². The molecule has 1 amide bonds. The second-order valence-corrected chi connectivity index (χ2v) is 3.72. The number of carbonyl (C=O) groups excluding carboxylic acids is 1. The second-order valence-electron chi connectivity index (χ2n) is 3.72. The van der Waals surface area contributed by atoms with Crippen LogP contribution in [0.15, 0.2) is 29.3 Å². The van der Waals surface area contributed by atoms with E-state index >= 15 is 0 Å². The van der Waals surface area contributed by atoms with Crippen molar-refractivity contribution in [3.63, 3.8) is 0 Å². The van der Waals surface area contributed by atoms with E-state index in [1.807, 2.05) is 0 Å². The van der Waals surface area contributed by atoms with Crippen LogP contribution in [0.5, 0.6) is 0 Å². The van der Waals surface area contributed by atoms with Gasteiger partial charge in [0.05, 0.1) is 5.56 Å². The van der Waals surface area contributed by atoms with Crippen LogP contribution in [0, 0.1) is 0 Å². The number of nitrogens with zero attached hydrogens (tertiary/aromatic N) is 1. The van der Waals surface area contributed by atoms with Crippen LogP contribution in [0.1, 0.15) is 11.1 Å². The molecule has 96 valence electrons. The van der Waals surface area contributed by atoms with Crippen LogP contribution in [-0.2, 0) is 17.5 Å². The maximum atomic E-state index is 12.7. The predicted octanol–water partition coefficient (Wildman–Crippen LogP) is 1.28. The highest BCUT2D eigenvalue weighted by Gasteiger charge is 2.32. The van der Waals surface area contributed by atoms with Gasteiger partial charge in [0, 0.05) is 6.54 Å². The fourth-order valence-electron chi connectivity index (χ4n) is 1.59. The number of alkyl halides is 3. The van der Waals surface area contributed by atoms with E-state index < -0.39 is 11.7 Å². The van der Waals surface area contributed by atoms with Crippen LogP contribution in [0.3, 0.4) is 0 Å². The maximum Gasteiger partial charge on any atom is 0.416 e. The summed E-state index contributed by atoms with van der Waals surface area (Å²) in [6.07, 6.45) is -4.39. The average molecular weight is 257 g/mol. The van der Waals surface area contributed by atoms with Crippen molar-refractivity contribution in [2.24, 2.45) is 4.99 Å². The molecule has 2 N–H and O–H groups in total. The zero-order chi connectivity index (χ0) is 13.2. The van der Waals surface area contributed by atoms with Gasteiger partial charge < -0.3 is 5.32 Å². The molecule has 0 saturated carbocycles. The van der Waals surface area contributed by atoms with Crippen molar-refractivity contribution in [1.82, 2.24) is 10.6 Å². The summed E-state index contributed by atoms with van der Waals surface area (Å²) in [5.41, 5.74) is -0.587. The van der Waals surface area contributed by atoms with Crippen LogP contribution in [0.25, 0.3) is 0 Å². The van der Waals surface area contributed by atoms with Gasteiger partial charge in [-0.1, -0.05) is 18.2 Å². The Kier molecular flexibility index (Phi) is 3.22. The molecule has 1 aromatic carbocycles. The van der Waals surface area contributed by atoms with Crippen molar-refractivity contribution < 1.29 is 18.0 Å². The first kappa shape index (κ1) is 12.4. The summed E-state index contributed by atoms with van der Waals surface area (Å²) >= 11 is 0. The molecule has 0 spiro atoms. The van der Waals surface area contributed by atoms with Gasteiger partial charge in [-0.25, -0.2) is 4.99 Å². The van der Waals surface area contributed by atoms with Gasteiger partial charge in [0.15, 0.2) is 5.96 Å². The number of guanidine groups is 1.